The fourth-order valence-electron chi connectivity index (χ4n) is 1.94. The third-order valence-electron chi connectivity index (χ3n) is 2.86. The third-order valence-corrected chi connectivity index (χ3v) is 3.49. The van der Waals surface area contributed by atoms with E-state index >= 15 is 0 Å². The summed E-state index contributed by atoms with van der Waals surface area (Å²) in [6.07, 6.45) is 1.07. The molecule has 0 aliphatic carbocycles. The molecule has 2 N–H and O–H groups in total. The molecule has 0 saturated carbocycles. The van der Waals surface area contributed by atoms with Crippen molar-refractivity contribution in [3.05, 3.63) is 27.7 Å². The summed E-state index contributed by atoms with van der Waals surface area (Å²) in [5.74, 6) is 0. The van der Waals surface area contributed by atoms with E-state index in [1.165, 1.54) is 0 Å². The summed E-state index contributed by atoms with van der Waals surface area (Å²) < 4.78 is 5.42. The van der Waals surface area contributed by atoms with Gasteiger partial charge in [-0.15, -0.1) is 0 Å². The highest BCUT2D eigenvalue weighted by Gasteiger charge is 2.11. The summed E-state index contributed by atoms with van der Waals surface area (Å²) in [6.45, 7) is 4.46. The standard InChI is InChI=1S/C12H16Cl2N2O/c13-10-6-9(7-11(14)12(10)15)8-16-2-1-4-17-5-3-16/h6-7H,1-5,8,15H2. The van der Waals surface area contributed by atoms with E-state index in [0.717, 1.165) is 44.8 Å². The first-order valence-electron chi connectivity index (χ1n) is 5.70. The van der Waals surface area contributed by atoms with Crippen molar-refractivity contribution in [2.24, 2.45) is 0 Å². The van der Waals surface area contributed by atoms with E-state index in [1.807, 2.05) is 12.1 Å². The van der Waals surface area contributed by atoms with Crippen molar-refractivity contribution in [3.8, 4) is 0 Å². The minimum Gasteiger partial charge on any atom is -0.396 e. The molecule has 1 saturated heterocycles. The molecule has 94 valence electrons. The van der Waals surface area contributed by atoms with Crippen molar-refractivity contribution in [2.75, 3.05) is 32.0 Å². The fourth-order valence-corrected chi connectivity index (χ4v) is 2.47. The number of hydrogen-bond acceptors (Lipinski definition) is 3. The number of anilines is 1. The first-order valence-corrected chi connectivity index (χ1v) is 6.46. The zero-order valence-corrected chi connectivity index (χ0v) is 11.1. The molecule has 0 amide bonds. The van der Waals surface area contributed by atoms with Crippen LogP contribution in [0.15, 0.2) is 12.1 Å². The van der Waals surface area contributed by atoms with Crippen LogP contribution in [0.1, 0.15) is 12.0 Å². The summed E-state index contributed by atoms with van der Waals surface area (Å²) in [5, 5.41) is 1.05. The third kappa shape index (κ3) is 3.49. The molecule has 1 aromatic carbocycles. The lowest BCUT2D eigenvalue weighted by Crippen LogP contribution is -2.25. The molecule has 1 aromatic rings. The van der Waals surface area contributed by atoms with Gasteiger partial charge in [0.05, 0.1) is 22.3 Å². The average Bonchev–Trinajstić information content (AvgIpc) is 2.54. The normalized spacial score (nSPS) is 18.0. The van der Waals surface area contributed by atoms with Crippen LogP contribution in [0.4, 0.5) is 5.69 Å². The number of nitrogens with zero attached hydrogens (tertiary/aromatic N) is 1. The smallest absolute Gasteiger partial charge is 0.0693 e. The molecule has 2 rings (SSSR count). The highest BCUT2D eigenvalue weighted by molar-refractivity contribution is 6.38. The Balaban J connectivity index is 2.07. The lowest BCUT2D eigenvalue weighted by molar-refractivity contribution is 0.140. The van der Waals surface area contributed by atoms with Gasteiger partial charge in [0.15, 0.2) is 0 Å². The molecule has 1 heterocycles. The quantitative estimate of drug-likeness (QED) is 0.843. The highest BCUT2D eigenvalue weighted by Crippen LogP contribution is 2.29. The molecule has 1 aliphatic heterocycles. The summed E-state index contributed by atoms with van der Waals surface area (Å²) in [4.78, 5) is 2.34. The van der Waals surface area contributed by atoms with Gasteiger partial charge in [-0.3, -0.25) is 4.90 Å². The van der Waals surface area contributed by atoms with Crippen LogP contribution >= 0.6 is 23.2 Å². The molecule has 0 bridgehead atoms. The predicted octanol–water partition coefficient (Wildman–Crippen LogP) is 2.80. The Labute approximate surface area is 111 Å². The van der Waals surface area contributed by atoms with Crippen molar-refractivity contribution in [1.29, 1.82) is 0 Å². The molecule has 0 aromatic heterocycles. The summed E-state index contributed by atoms with van der Waals surface area (Å²) in [5.41, 5.74) is 7.26. The molecule has 0 unspecified atom stereocenters. The Morgan fingerprint density at radius 1 is 1.18 bits per heavy atom. The monoisotopic (exact) mass is 274 g/mol. The lowest BCUT2D eigenvalue weighted by Gasteiger charge is -2.19. The van der Waals surface area contributed by atoms with Gasteiger partial charge in [-0.2, -0.15) is 0 Å². The molecule has 17 heavy (non-hydrogen) atoms. The van der Waals surface area contributed by atoms with E-state index in [-0.39, 0.29) is 0 Å². The summed E-state index contributed by atoms with van der Waals surface area (Å²) in [7, 11) is 0. The topological polar surface area (TPSA) is 38.5 Å². The number of nitrogens with two attached hydrogens (primary N) is 1. The molecule has 1 aliphatic rings. The van der Waals surface area contributed by atoms with Gasteiger partial charge in [0.25, 0.3) is 0 Å². The number of rotatable bonds is 2. The van der Waals surface area contributed by atoms with E-state index in [4.69, 9.17) is 33.7 Å². The second kappa shape index (κ2) is 5.91. The maximum absolute atomic E-state index is 6.02. The van der Waals surface area contributed by atoms with Gasteiger partial charge < -0.3 is 10.5 Å². The van der Waals surface area contributed by atoms with Crippen LogP contribution in [-0.4, -0.2) is 31.2 Å². The van der Waals surface area contributed by atoms with Crippen LogP contribution in [0, 0.1) is 0 Å². The van der Waals surface area contributed by atoms with Crippen LogP contribution in [0.3, 0.4) is 0 Å². The van der Waals surface area contributed by atoms with Crippen molar-refractivity contribution < 1.29 is 4.74 Å². The first kappa shape index (κ1) is 13.0. The second-order valence-electron chi connectivity index (χ2n) is 4.22. The minimum atomic E-state index is 0.455. The van der Waals surface area contributed by atoms with Crippen LogP contribution < -0.4 is 5.73 Å². The van der Waals surface area contributed by atoms with Gasteiger partial charge in [0.1, 0.15) is 0 Å². The van der Waals surface area contributed by atoms with Crippen LogP contribution in [-0.2, 0) is 11.3 Å². The van der Waals surface area contributed by atoms with Gasteiger partial charge in [0.2, 0.25) is 0 Å². The Kier molecular flexibility index (Phi) is 4.51. The van der Waals surface area contributed by atoms with E-state index in [0.29, 0.717) is 15.7 Å². The number of nitrogen functional groups attached to an aromatic ring is 1. The summed E-state index contributed by atoms with van der Waals surface area (Å²) >= 11 is 12.0. The largest absolute Gasteiger partial charge is 0.396 e. The molecule has 0 radical (unpaired) electrons. The number of hydrogen-bond donors (Lipinski definition) is 1. The molecular weight excluding hydrogens is 259 g/mol. The van der Waals surface area contributed by atoms with Crippen LogP contribution in [0.5, 0.6) is 0 Å². The van der Waals surface area contributed by atoms with Gasteiger partial charge in [-0.05, 0) is 24.1 Å². The molecular formula is C12H16Cl2N2O. The second-order valence-corrected chi connectivity index (χ2v) is 5.03. The zero-order chi connectivity index (χ0) is 12.3. The van der Waals surface area contributed by atoms with E-state index in [9.17, 15) is 0 Å². The number of ether oxygens (including phenoxy) is 1. The SMILES string of the molecule is Nc1c(Cl)cc(CN2CCCOCC2)cc1Cl. The van der Waals surface area contributed by atoms with Crippen molar-refractivity contribution in [1.82, 2.24) is 4.90 Å². The van der Waals surface area contributed by atoms with Crippen LogP contribution in [0.2, 0.25) is 10.0 Å². The fraction of sp³-hybridized carbons (Fsp3) is 0.500. The van der Waals surface area contributed by atoms with Gasteiger partial charge in [-0.25, -0.2) is 0 Å². The van der Waals surface area contributed by atoms with E-state index < -0.39 is 0 Å². The lowest BCUT2D eigenvalue weighted by atomic mass is 10.2. The minimum absolute atomic E-state index is 0.455. The molecule has 3 nitrogen and oxygen atoms in total. The van der Waals surface area contributed by atoms with Crippen LogP contribution in [0.25, 0.3) is 0 Å². The van der Waals surface area contributed by atoms with Gasteiger partial charge in [-0.1, -0.05) is 23.2 Å². The zero-order valence-electron chi connectivity index (χ0n) is 9.59. The Morgan fingerprint density at radius 2 is 1.88 bits per heavy atom. The Bertz CT molecular complexity index is 367. The number of halogens is 2. The molecule has 0 atom stereocenters. The maximum Gasteiger partial charge on any atom is 0.0693 e. The molecule has 1 fully saturated rings. The average molecular weight is 275 g/mol. The maximum atomic E-state index is 6.02. The number of benzene rings is 1. The predicted molar refractivity (Wildman–Crippen MR) is 71.6 cm³/mol. The van der Waals surface area contributed by atoms with E-state index in [2.05, 4.69) is 4.90 Å². The first-order chi connectivity index (χ1) is 8.16. The Hall–Kier alpha value is -0.480. The highest BCUT2D eigenvalue weighted by atomic mass is 35.5. The van der Waals surface area contributed by atoms with E-state index in [1.54, 1.807) is 0 Å². The van der Waals surface area contributed by atoms with Gasteiger partial charge >= 0.3 is 0 Å². The van der Waals surface area contributed by atoms with Gasteiger partial charge in [0, 0.05) is 26.2 Å². The Morgan fingerprint density at radius 3 is 2.59 bits per heavy atom. The van der Waals surface area contributed by atoms with Crippen molar-refractivity contribution >= 4 is 28.9 Å². The molecule has 5 heteroatoms. The van der Waals surface area contributed by atoms with Crippen molar-refractivity contribution in [3.63, 3.8) is 0 Å². The van der Waals surface area contributed by atoms with Crippen molar-refractivity contribution in [2.45, 2.75) is 13.0 Å². The molecule has 0 spiro atoms. The summed E-state index contributed by atoms with van der Waals surface area (Å²) in [6, 6.07) is 3.77.